The molecule has 1 aromatic carbocycles. The van der Waals surface area contributed by atoms with Crippen molar-refractivity contribution < 1.29 is 23.1 Å². The third-order valence-corrected chi connectivity index (χ3v) is 3.24. The Labute approximate surface area is 128 Å². The first-order chi connectivity index (χ1) is 10.1. The SMILES string of the molecule is Cc1cc(Cl)ccc1-c1nc(C(=O)O)c(N)cc1C(F)(F)F. The second-order valence-electron chi connectivity index (χ2n) is 4.58. The number of carboxylic acid groups (broad SMARTS) is 1. The second-order valence-corrected chi connectivity index (χ2v) is 5.02. The molecule has 0 amide bonds. The minimum atomic E-state index is -4.72. The van der Waals surface area contributed by atoms with Crippen LogP contribution < -0.4 is 5.73 Å². The first kappa shape index (κ1) is 16.1. The van der Waals surface area contributed by atoms with Crippen LogP contribution in [0.2, 0.25) is 5.02 Å². The average Bonchev–Trinajstić information content (AvgIpc) is 2.37. The number of pyridine rings is 1. The van der Waals surface area contributed by atoms with E-state index in [-0.39, 0.29) is 5.56 Å². The summed E-state index contributed by atoms with van der Waals surface area (Å²) in [6.45, 7) is 1.56. The monoisotopic (exact) mass is 330 g/mol. The number of alkyl halides is 3. The molecule has 1 aromatic heterocycles. The zero-order valence-electron chi connectivity index (χ0n) is 11.2. The summed E-state index contributed by atoms with van der Waals surface area (Å²) in [6, 6.07) is 4.81. The molecule has 116 valence electrons. The second kappa shape index (κ2) is 5.49. The number of anilines is 1. The zero-order chi connectivity index (χ0) is 16.7. The molecule has 0 saturated heterocycles. The Kier molecular flexibility index (Phi) is 4.02. The third kappa shape index (κ3) is 2.99. The summed E-state index contributed by atoms with van der Waals surface area (Å²) < 4.78 is 39.6. The quantitative estimate of drug-likeness (QED) is 0.872. The molecule has 1 heterocycles. The normalized spacial score (nSPS) is 11.5. The molecule has 0 atom stereocenters. The lowest BCUT2D eigenvalue weighted by Crippen LogP contribution is -2.14. The van der Waals surface area contributed by atoms with Gasteiger partial charge in [-0.2, -0.15) is 13.2 Å². The maximum Gasteiger partial charge on any atom is 0.418 e. The van der Waals surface area contributed by atoms with Gasteiger partial charge in [-0.05, 0) is 30.7 Å². The van der Waals surface area contributed by atoms with Crippen molar-refractivity contribution in [2.45, 2.75) is 13.1 Å². The molecule has 4 nitrogen and oxygen atoms in total. The lowest BCUT2D eigenvalue weighted by atomic mass is 9.99. The van der Waals surface area contributed by atoms with Crippen LogP contribution in [0.4, 0.5) is 18.9 Å². The summed E-state index contributed by atoms with van der Waals surface area (Å²) in [7, 11) is 0. The minimum absolute atomic E-state index is 0.138. The van der Waals surface area contributed by atoms with Gasteiger partial charge in [-0.3, -0.25) is 0 Å². The Hall–Kier alpha value is -2.28. The highest BCUT2D eigenvalue weighted by atomic mass is 35.5. The van der Waals surface area contributed by atoms with E-state index in [1.807, 2.05) is 0 Å². The van der Waals surface area contributed by atoms with E-state index in [2.05, 4.69) is 4.98 Å². The summed E-state index contributed by atoms with van der Waals surface area (Å²) in [5.74, 6) is -1.50. The van der Waals surface area contributed by atoms with Gasteiger partial charge in [0.15, 0.2) is 5.69 Å². The topological polar surface area (TPSA) is 76.2 Å². The molecule has 2 rings (SSSR count). The molecular weight excluding hydrogens is 321 g/mol. The van der Waals surface area contributed by atoms with Crippen molar-refractivity contribution in [2.75, 3.05) is 5.73 Å². The van der Waals surface area contributed by atoms with Crippen LogP contribution in [0.3, 0.4) is 0 Å². The van der Waals surface area contributed by atoms with Gasteiger partial charge in [0.1, 0.15) is 0 Å². The number of hydrogen-bond acceptors (Lipinski definition) is 3. The highest BCUT2D eigenvalue weighted by molar-refractivity contribution is 6.30. The van der Waals surface area contributed by atoms with E-state index in [0.717, 1.165) is 0 Å². The summed E-state index contributed by atoms with van der Waals surface area (Å²) in [6.07, 6.45) is -4.72. The molecule has 0 aliphatic heterocycles. The lowest BCUT2D eigenvalue weighted by molar-refractivity contribution is -0.137. The summed E-state index contributed by atoms with van der Waals surface area (Å²) >= 11 is 5.78. The number of aromatic carboxylic acids is 1. The van der Waals surface area contributed by atoms with E-state index in [1.165, 1.54) is 18.2 Å². The fourth-order valence-corrected chi connectivity index (χ4v) is 2.24. The van der Waals surface area contributed by atoms with Crippen molar-refractivity contribution in [2.24, 2.45) is 0 Å². The zero-order valence-corrected chi connectivity index (χ0v) is 12.0. The predicted molar refractivity (Wildman–Crippen MR) is 75.8 cm³/mol. The first-order valence-electron chi connectivity index (χ1n) is 5.98. The molecule has 2 aromatic rings. The van der Waals surface area contributed by atoms with Crippen molar-refractivity contribution in [3.63, 3.8) is 0 Å². The van der Waals surface area contributed by atoms with E-state index >= 15 is 0 Å². The van der Waals surface area contributed by atoms with Gasteiger partial charge in [0.2, 0.25) is 0 Å². The lowest BCUT2D eigenvalue weighted by Gasteiger charge is -2.16. The molecule has 0 spiro atoms. The number of benzene rings is 1. The summed E-state index contributed by atoms with van der Waals surface area (Å²) in [4.78, 5) is 14.7. The number of halogens is 4. The predicted octanol–water partition coefficient (Wildman–Crippen LogP) is 4.01. The van der Waals surface area contributed by atoms with E-state index in [9.17, 15) is 18.0 Å². The number of carboxylic acids is 1. The Morgan fingerprint density at radius 3 is 2.45 bits per heavy atom. The van der Waals surface area contributed by atoms with Crippen molar-refractivity contribution in [1.29, 1.82) is 0 Å². The fraction of sp³-hybridized carbons (Fsp3) is 0.143. The molecule has 3 N–H and O–H groups in total. The Morgan fingerprint density at radius 2 is 1.95 bits per heavy atom. The van der Waals surface area contributed by atoms with Crippen LogP contribution in [0, 0.1) is 6.92 Å². The van der Waals surface area contributed by atoms with Crippen molar-refractivity contribution in [1.82, 2.24) is 4.98 Å². The van der Waals surface area contributed by atoms with Crippen LogP contribution in [0.15, 0.2) is 24.3 Å². The molecule has 0 bridgehead atoms. The number of nitrogens with two attached hydrogens (primary N) is 1. The van der Waals surface area contributed by atoms with Gasteiger partial charge in [-0.25, -0.2) is 9.78 Å². The van der Waals surface area contributed by atoms with Crippen LogP contribution in [-0.4, -0.2) is 16.1 Å². The van der Waals surface area contributed by atoms with Crippen molar-refractivity contribution in [3.8, 4) is 11.3 Å². The average molecular weight is 331 g/mol. The van der Waals surface area contributed by atoms with Gasteiger partial charge < -0.3 is 10.8 Å². The third-order valence-electron chi connectivity index (χ3n) is 3.00. The molecular formula is C14H10ClF3N2O2. The number of hydrogen-bond donors (Lipinski definition) is 2. The first-order valence-corrected chi connectivity index (χ1v) is 6.36. The highest BCUT2D eigenvalue weighted by Gasteiger charge is 2.36. The van der Waals surface area contributed by atoms with Gasteiger partial charge in [0.05, 0.1) is 16.9 Å². The molecule has 0 fully saturated rings. The number of rotatable bonds is 2. The number of carbonyl (C=O) groups is 1. The summed E-state index contributed by atoms with van der Waals surface area (Å²) in [5, 5.41) is 9.35. The van der Waals surface area contributed by atoms with Crippen LogP contribution >= 0.6 is 11.6 Å². The minimum Gasteiger partial charge on any atom is -0.476 e. The maximum atomic E-state index is 13.2. The Balaban J connectivity index is 2.82. The van der Waals surface area contributed by atoms with Crippen LogP contribution in [0.25, 0.3) is 11.3 Å². The van der Waals surface area contributed by atoms with E-state index in [4.69, 9.17) is 22.4 Å². The Bertz CT molecular complexity index is 760. The van der Waals surface area contributed by atoms with E-state index < -0.39 is 34.8 Å². The molecule has 22 heavy (non-hydrogen) atoms. The van der Waals surface area contributed by atoms with Gasteiger partial charge in [0, 0.05) is 10.6 Å². The molecule has 0 unspecified atom stereocenters. The molecule has 0 radical (unpaired) electrons. The van der Waals surface area contributed by atoms with Gasteiger partial charge in [0.25, 0.3) is 0 Å². The van der Waals surface area contributed by atoms with Crippen molar-refractivity contribution in [3.05, 3.63) is 46.1 Å². The molecule has 0 aliphatic rings. The number of nitrogens with zero attached hydrogens (tertiary/aromatic N) is 1. The maximum absolute atomic E-state index is 13.2. The van der Waals surface area contributed by atoms with E-state index in [1.54, 1.807) is 6.92 Å². The number of aromatic nitrogens is 1. The van der Waals surface area contributed by atoms with E-state index in [0.29, 0.717) is 16.7 Å². The number of aryl methyl sites for hydroxylation is 1. The largest absolute Gasteiger partial charge is 0.476 e. The van der Waals surface area contributed by atoms with Crippen molar-refractivity contribution >= 4 is 23.3 Å². The fourth-order valence-electron chi connectivity index (χ4n) is 2.01. The smallest absolute Gasteiger partial charge is 0.418 e. The summed E-state index contributed by atoms with van der Waals surface area (Å²) in [5.41, 5.74) is 3.18. The molecule has 8 heteroatoms. The molecule has 0 saturated carbocycles. The van der Waals surface area contributed by atoms with Crippen LogP contribution in [0.5, 0.6) is 0 Å². The van der Waals surface area contributed by atoms with Crippen LogP contribution in [0.1, 0.15) is 21.6 Å². The number of nitrogen functional groups attached to an aromatic ring is 1. The standard InChI is InChI=1S/C14H10ClF3N2O2/c1-6-4-7(15)2-3-8(6)11-9(14(16,17)18)5-10(19)12(20-11)13(21)22/h2-5H,19H2,1H3,(H,21,22). The van der Waals surface area contributed by atoms with Gasteiger partial charge in [-0.1, -0.05) is 17.7 Å². The molecule has 0 aliphatic carbocycles. The van der Waals surface area contributed by atoms with Gasteiger partial charge >= 0.3 is 12.1 Å². The van der Waals surface area contributed by atoms with Gasteiger partial charge in [-0.15, -0.1) is 0 Å². The Morgan fingerprint density at radius 1 is 1.32 bits per heavy atom. The highest BCUT2D eigenvalue weighted by Crippen LogP contribution is 2.39. The van der Waals surface area contributed by atoms with Crippen LogP contribution in [-0.2, 0) is 6.18 Å².